The number of nitrogens with one attached hydrogen (secondary N) is 1. The maximum Gasteiger partial charge on any atom is 0.186 e. The van der Waals surface area contributed by atoms with Crippen molar-refractivity contribution >= 4 is 5.82 Å². The van der Waals surface area contributed by atoms with Crippen molar-refractivity contribution in [3.8, 4) is 0 Å². The molecule has 1 aliphatic rings. The van der Waals surface area contributed by atoms with Gasteiger partial charge in [0.25, 0.3) is 0 Å². The molecular weight excluding hydrogens is 253 g/mol. The standard InChI is InChI=1S/C16H18FN3/c1-2-14-15(17)16(19-10-18-14)20-13-8-7-11-5-3-4-6-12(11)9-13/h3-6,10,13H,2,7-9H2,1H3,(H,18,19,20). The topological polar surface area (TPSA) is 37.8 Å². The maximum absolute atomic E-state index is 14.1. The summed E-state index contributed by atoms with van der Waals surface area (Å²) in [5.41, 5.74) is 3.23. The smallest absolute Gasteiger partial charge is 0.186 e. The summed E-state index contributed by atoms with van der Waals surface area (Å²) in [6.45, 7) is 1.89. The first-order chi connectivity index (χ1) is 9.78. The molecule has 20 heavy (non-hydrogen) atoms. The molecule has 0 spiro atoms. The molecule has 104 valence electrons. The lowest BCUT2D eigenvalue weighted by molar-refractivity contribution is 0.573. The Balaban J connectivity index is 1.77. The van der Waals surface area contributed by atoms with Crippen LogP contribution >= 0.6 is 0 Å². The highest BCUT2D eigenvalue weighted by Crippen LogP contribution is 2.24. The summed E-state index contributed by atoms with van der Waals surface area (Å²) in [6, 6.07) is 8.69. The summed E-state index contributed by atoms with van der Waals surface area (Å²) in [4.78, 5) is 8.00. The maximum atomic E-state index is 14.1. The van der Waals surface area contributed by atoms with Crippen molar-refractivity contribution in [3.63, 3.8) is 0 Å². The molecule has 0 bridgehead atoms. The Labute approximate surface area is 118 Å². The Morgan fingerprint density at radius 1 is 1.25 bits per heavy atom. The van der Waals surface area contributed by atoms with Gasteiger partial charge in [0.05, 0.1) is 5.69 Å². The zero-order chi connectivity index (χ0) is 13.9. The van der Waals surface area contributed by atoms with Crippen LogP contribution in [0.4, 0.5) is 10.2 Å². The first-order valence-corrected chi connectivity index (χ1v) is 7.10. The molecule has 0 amide bonds. The van der Waals surface area contributed by atoms with Crippen molar-refractivity contribution in [2.75, 3.05) is 5.32 Å². The van der Waals surface area contributed by atoms with Crippen LogP contribution in [0.1, 0.15) is 30.2 Å². The Hall–Kier alpha value is -1.97. The number of halogens is 1. The highest BCUT2D eigenvalue weighted by Gasteiger charge is 2.20. The van der Waals surface area contributed by atoms with E-state index in [1.165, 1.54) is 17.5 Å². The highest BCUT2D eigenvalue weighted by molar-refractivity contribution is 5.40. The van der Waals surface area contributed by atoms with Gasteiger partial charge in [0, 0.05) is 6.04 Å². The quantitative estimate of drug-likeness (QED) is 0.932. The molecule has 2 aromatic rings. The Morgan fingerprint density at radius 3 is 2.85 bits per heavy atom. The number of hydrogen-bond donors (Lipinski definition) is 1. The summed E-state index contributed by atoms with van der Waals surface area (Å²) >= 11 is 0. The lowest BCUT2D eigenvalue weighted by Crippen LogP contribution is -2.28. The van der Waals surface area contributed by atoms with Gasteiger partial charge in [0.15, 0.2) is 11.6 Å². The second kappa shape index (κ2) is 5.57. The average molecular weight is 271 g/mol. The van der Waals surface area contributed by atoms with Gasteiger partial charge in [-0.3, -0.25) is 0 Å². The molecule has 1 atom stereocenters. The molecule has 0 saturated carbocycles. The third-order valence-corrected chi connectivity index (χ3v) is 3.88. The summed E-state index contributed by atoms with van der Waals surface area (Å²) in [5, 5.41) is 3.24. The second-order valence-corrected chi connectivity index (χ2v) is 5.19. The van der Waals surface area contributed by atoms with Crippen LogP contribution in [0.2, 0.25) is 0 Å². The third kappa shape index (κ3) is 2.50. The van der Waals surface area contributed by atoms with Crippen molar-refractivity contribution in [1.29, 1.82) is 0 Å². The van der Waals surface area contributed by atoms with E-state index in [1.807, 2.05) is 6.92 Å². The normalized spacial score (nSPS) is 17.6. The fourth-order valence-corrected chi connectivity index (χ4v) is 2.77. The van der Waals surface area contributed by atoms with Crippen LogP contribution in [0.15, 0.2) is 30.6 Å². The van der Waals surface area contributed by atoms with E-state index in [9.17, 15) is 4.39 Å². The fraction of sp³-hybridized carbons (Fsp3) is 0.375. The summed E-state index contributed by atoms with van der Waals surface area (Å²) < 4.78 is 14.1. The second-order valence-electron chi connectivity index (χ2n) is 5.19. The van der Waals surface area contributed by atoms with E-state index in [0.29, 0.717) is 17.9 Å². The van der Waals surface area contributed by atoms with Gasteiger partial charge in [0.1, 0.15) is 6.33 Å². The average Bonchev–Trinajstić information content (AvgIpc) is 2.49. The van der Waals surface area contributed by atoms with Crippen molar-refractivity contribution in [2.24, 2.45) is 0 Å². The van der Waals surface area contributed by atoms with E-state index in [0.717, 1.165) is 19.3 Å². The van der Waals surface area contributed by atoms with Crippen molar-refractivity contribution < 1.29 is 4.39 Å². The van der Waals surface area contributed by atoms with E-state index in [-0.39, 0.29) is 11.9 Å². The van der Waals surface area contributed by atoms with Crippen molar-refractivity contribution in [2.45, 2.75) is 38.6 Å². The largest absolute Gasteiger partial charge is 0.364 e. The molecule has 1 heterocycles. The van der Waals surface area contributed by atoms with Gasteiger partial charge in [-0.1, -0.05) is 31.2 Å². The highest BCUT2D eigenvalue weighted by atomic mass is 19.1. The van der Waals surface area contributed by atoms with E-state index in [4.69, 9.17) is 0 Å². The molecule has 0 saturated heterocycles. The number of nitrogens with zero attached hydrogens (tertiary/aromatic N) is 2. The van der Waals surface area contributed by atoms with Crippen LogP contribution < -0.4 is 5.32 Å². The summed E-state index contributed by atoms with van der Waals surface area (Å²) in [6.07, 6.45) is 4.96. The minimum atomic E-state index is -0.311. The molecule has 0 fully saturated rings. The number of aryl methyl sites for hydroxylation is 2. The lowest BCUT2D eigenvalue weighted by atomic mass is 9.88. The Morgan fingerprint density at radius 2 is 2.05 bits per heavy atom. The van der Waals surface area contributed by atoms with E-state index < -0.39 is 0 Å². The van der Waals surface area contributed by atoms with Crippen LogP contribution in [0, 0.1) is 5.82 Å². The van der Waals surface area contributed by atoms with Gasteiger partial charge in [0.2, 0.25) is 0 Å². The number of anilines is 1. The molecule has 1 aromatic carbocycles. The van der Waals surface area contributed by atoms with Gasteiger partial charge in [-0.25, -0.2) is 14.4 Å². The number of rotatable bonds is 3. The first kappa shape index (κ1) is 13.0. The molecular formula is C16H18FN3. The fourth-order valence-electron chi connectivity index (χ4n) is 2.77. The van der Waals surface area contributed by atoms with Crippen LogP contribution in [-0.4, -0.2) is 16.0 Å². The zero-order valence-corrected chi connectivity index (χ0v) is 11.6. The van der Waals surface area contributed by atoms with Crippen LogP contribution in [0.3, 0.4) is 0 Å². The van der Waals surface area contributed by atoms with Gasteiger partial charge >= 0.3 is 0 Å². The Kier molecular flexibility index (Phi) is 3.63. The van der Waals surface area contributed by atoms with Crippen LogP contribution in [-0.2, 0) is 19.3 Å². The van der Waals surface area contributed by atoms with Gasteiger partial charge in [-0.15, -0.1) is 0 Å². The predicted octanol–water partition coefficient (Wildman–Crippen LogP) is 3.15. The summed E-state index contributed by atoms with van der Waals surface area (Å²) in [7, 11) is 0. The minimum Gasteiger partial charge on any atom is -0.364 e. The monoisotopic (exact) mass is 271 g/mol. The predicted molar refractivity (Wildman–Crippen MR) is 77.2 cm³/mol. The molecule has 1 aromatic heterocycles. The van der Waals surface area contributed by atoms with E-state index in [1.54, 1.807) is 0 Å². The lowest BCUT2D eigenvalue weighted by Gasteiger charge is -2.26. The van der Waals surface area contributed by atoms with Crippen molar-refractivity contribution in [3.05, 3.63) is 53.2 Å². The molecule has 1 aliphatic carbocycles. The first-order valence-electron chi connectivity index (χ1n) is 7.10. The SMILES string of the molecule is CCc1ncnc(NC2CCc3ccccc3C2)c1F. The molecule has 1 unspecified atom stereocenters. The zero-order valence-electron chi connectivity index (χ0n) is 11.6. The van der Waals surface area contributed by atoms with E-state index >= 15 is 0 Å². The van der Waals surface area contributed by atoms with E-state index in [2.05, 4.69) is 39.6 Å². The molecule has 3 rings (SSSR count). The van der Waals surface area contributed by atoms with Crippen LogP contribution in [0.25, 0.3) is 0 Å². The van der Waals surface area contributed by atoms with Crippen molar-refractivity contribution in [1.82, 2.24) is 9.97 Å². The molecule has 3 nitrogen and oxygen atoms in total. The van der Waals surface area contributed by atoms with Gasteiger partial charge < -0.3 is 5.32 Å². The number of hydrogen-bond acceptors (Lipinski definition) is 3. The molecule has 0 aliphatic heterocycles. The number of aromatic nitrogens is 2. The molecule has 0 radical (unpaired) electrons. The third-order valence-electron chi connectivity index (χ3n) is 3.88. The van der Waals surface area contributed by atoms with Crippen LogP contribution in [0.5, 0.6) is 0 Å². The Bertz CT molecular complexity index is 612. The van der Waals surface area contributed by atoms with Gasteiger partial charge in [-0.2, -0.15) is 0 Å². The van der Waals surface area contributed by atoms with Gasteiger partial charge in [-0.05, 0) is 36.8 Å². The minimum absolute atomic E-state index is 0.235. The number of benzene rings is 1. The summed E-state index contributed by atoms with van der Waals surface area (Å²) in [5.74, 6) is 0.0232. The molecule has 4 heteroatoms. The number of fused-ring (bicyclic) bond motifs is 1. The molecule has 1 N–H and O–H groups in total.